The molecule has 1 aromatic rings. The molecule has 0 aliphatic carbocycles. The molecule has 2 N–H and O–H groups in total. The predicted octanol–water partition coefficient (Wildman–Crippen LogP) is 2.60. The van der Waals surface area contributed by atoms with E-state index in [2.05, 4.69) is 29.8 Å². The lowest BCUT2D eigenvalue weighted by atomic mass is 10.1. The Kier molecular flexibility index (Phi) is 5.98. The van der Waals surface area contributed by atoms with Gasteiger partial charge in [0.1, 0.15) is 5.82 Å². The smallest absolute Gasteiger partial charge is 0.131 e. The first-order chi connectivity index (χ1) is 8.19. The van der Waals surface area contributed by atoms with Crippen LogP contribution in [-0.4, -0.2) is 24.1 Å². The van der Waals surface area contributed by atoms with Crippen molar-refractivity contribution in [3.63, 3.8) is 0 Å². The van der Waals surface area contributed by atoms with Gasteiger partial charge in [-0.15, -0.1) is 0 Å². The molecule has 1 atom stereocenters. The molecule has 0 radical (unpaired) electrons. The number of nitrogens with zero attached hydrogens (tertiary/aromatic N) is 2. The first kappa shape index (κ1) is 14.0. The zero-order chi connectivity index (χ0) is 12.7. The Morgan fingerprint density at radius 2 is 2.18 bits per heavy atom. The molecule has 0 aliphatic rings. The largest absolute Gasteiger partial charge is 0.357 e. The van der Waals surface area contributed by atoms with E-state index in [1.807, 2.05) is 19.2 Å². The van der Waals surface area contributed by atoms with Crippen LogP contribution in [0, 0.1) is 0 Å². The minimum Gasteiger partial charge on any atom is -0.357 e. The lowest BCUT2D eigenvalue weighted by Crippen LogP contribution is -2.27. The fraction of sp³-hybridized carbons (Fsp3) is 0.643. The maximum atomic E-state index is 5.89. The van der Waals surface area contributed by atoms with Crippen LogP contribution in [0.5, 0.6) is 0 Å². The van der Waals surface area contributed by atoms with Gasteiger partial charge in [0.25, 0.3) is 0 Å². The number of pyridine rings is 1. The molecule has 0 bridgehead atoms. The number of hydrogen-bond acceptors (Lipinski definition) is 3. The average molecular weight is 235 g/mol. The van der Waals surface area contributed by atoms with E-state index in [0.717, 1.165) is 25.3 Å². The van der Waals surface area contributed by atoms with E-state index in [4.69, 9.17) is 5.73 Å². The first-order valence-corrected chi connectivity index (χ1v) is 6.63. The van der Waals surface area contributed by atoms with Gasteiger partial charge >= 0.3 is 0 Å². The lowest BCUT2D eigenvalue weighted by molar-refractivity contribution is 0.701. The third kappa shape index (κ3) is 4.35. The molecule has 96 valence electrons. The second kappa shape index (κ2) is 7.28. The standard InChI is InChI=1S/C14H25N3/c1-4-6-10-17(5-2)14-13(11-12(3)15)8-7-9-16-14/h7-9,12H,4-6,10-11,15H2,1-3H3. The van der Waals surface area contributed by atoms with Gasteiger partial charge in [-0.2, -0.15) is 0 Å². The molecule has 0 aromatic carbocycles. The van der Waals surface area contributed by atoms with Crippen molar-refractivity contribution in [2.24, 2.45) is 5.73 Å². The van der Waals surface area contributed by atoms with E-state index >= 15 is 0 Å². The Labute approximate surface area is 105 Å². The summed E-state index contributed by atoms with van der Waals surface area (Å²) in [5.41, 5.74) is 7.15. The number of anilines is 1. The fourth-order valence-electron chi connectivity index (χ4n) is 1.98. The van der Waals surface area contributed by atoms with Gasteiger partial charge in [-0.25, -0.2) is 4.98 Å². The highest BCUT2D eigenvalue weighted by molar-refractivity contribution is 5.46. The van der Waals surface area contributed by atoms with Crippen molar-refractivity contribution >= 4 is 5.82 Å². The summed E-state index contributed by atoms with van der Waals surface area (Å²) in [5, 5.41) is 0. The molecule has 3 heteroatoms. The van der Waals surface area contributed by atoms with Crippen LogP contribution in [0.3, 0.4) is 0 Å². The molecule has 3 nitrogen and oxygen atoms in total. The van der Waals surface area contributed by atoms with Gasteiger partial charge < -0.3 is 10.6 Å². The summed E-state index contributed by atoms with van der Waals surface area (Å²) in [6.07, 6.45) is 5.19. The Morgan fingerprint density at radius 1 is 1.41 bits per heavy atom. The highest BCUT2D eigenvalue weighted by Gasteiger charge is 2.11. The van der Waals surface area contributed by atoms with Crippen LogP contribution in [-0.2, 0) is 6.42 Å². The first-order valence-electron chi connectivity index (χ1n) is 6.63. The third-order valence-corrected chi connectivity index (χ3v) is 2.87. The van der Waals surface area contributed by atoms with Crippen molar-refractivity contribution in [2.75, 3.05) is 18.0 Å². The summed E-state index contributed by atoms with van der Waals surface area (Å²) < 4.78 is 0. The monoisotopic (exact) mass is 235 g/mol. The summed E-state index contributed by atoms with van der Waals surface area (Å²) in [5.74, 6) is 1.11. The van der Waals surface area contributed by atoms with E-state index in [0.29, 0.717) is 0 Å². The third-order valence-electron chi connectivity index (χ3n) is 2.87. The van der Waals surface area contributed by atoms with Gasteiger partial charge in [0, 0.05) is 25.3 Å². The van der Waals surface area contributed by atoms with Crippen LogP contribution >= 0.6 is 0 Å². The van der Waals surface area contributed by atoms with E-state index in [9.17, 15) is 0 Å². The zero-order valence-corrected chi connectivity index (χ0v) is 11.3. The number of nitrogens with two attached hydrogens (primary N) is 1. The van der Waals surface area contributed by atoms with Gasteiger partial charge in [0.2, 0.25) is 0 Å². The molecule has 1 unspecified atom stereocenters. The summed E-state index contributed by atoms with van der Waals surface area (Å²) in [4.78, 5) is 6.87. The number of unbranched alkanes of at least 4 members (excludes halogenated alkanes) is 1. The van der Waals surface area contributed by atoms with Crippen molar-refractivity contribution in [2.45, 2.75) is 46.1 Å². The molecule has 1 rings (SSSR count). The van der Waals surface area contributed by atoms with Gasteiger partial charge in [0.05, 0.1) is 0 Å². The second-order valence-electron chi connectivity index (χ2n) is 4.60. The van der Waals surface area contributed by atoms with Crippen LogP contribution < -0.4 is 10.6 Å². The molecule has 0 spiro atoms. The maximum Gasteiger partial charge on any atom is 0.131 e. The molecular weight excluding hydrogens is 210 g/mol. The summed E-state index contributed by atoms with van der Waals surface area (Å²) in [7, 11) is 0. The predicted molar refractivity (Wildman–Crippen MR) is 74.4 cm³/mol. The van der Waals surface area contributed by atoms with Gasteiger partial charge in [-0.05, 0) is 38.3 Å². The van der Waals surface area contributed by atoms with Gasteiger partial charge in [-0.1, -0.05) is 19.4 Å². The Morgan fingerprint density at radius 3 is 2.76 bits per heavy atom. The van der Waals surface area contributed by atoms with Crippen molar-refractivity contribution in [3.05, 3.63) is 23.9 Å². The van der Waals surface area contributed by atoms with E-state index < -0.39 is 0 Å². The number of aromatic nitrogens is 1. The Bertz CT molecular complexity index is 323. The second-order valence-corrected chi connectivity index (χ2v) is 4.60. The minimum atomic E-state index is 0.183. The highest BCUT2D eigenvalue weighted by atomic mass is 15.2. The molecule has 1 aromatic heterocycles. The van der Waals surface area contributed by atoms with E-state index in [1.54, 1.807) is 0 Å². The average Bonchev–Trinajstić information content (AvgIpc) is 2.31. The lowest BCUT2D eigenvalue weighted by Gasteiger charge is -2.24. The van der Waals surface area contributed by atoms with Crippen LogP contribution in [0.2, 0.25) is 0 Å². The Hall–Kier alpha value is -1.09. The molecule has 0 saturated carbocycles. The summed E-state index contributed by atoms with van der Waals surface area (Å²) >= 11 is 0. The number of rotatable bonds is 7. The van der Waals surface area contributed by atoms with Crippen LogP contribution in [0.4, 0.5) is 5.82 Å². The van der Waals surface area contributed by atoms with Crippen molar-refractivity contribution in [3.8, 4) is 0 Å². The molecule has 0 fully saturated rings. The fourth-order valence-corrected chi connectivity index (χ4v) is 1.98. The molecular formula is C14H25N3. The van der Waals surface area contributed by atoms with Crippen LogP contribution in [0.1, 0.15) is 39.2 Å². The summed E-state index contributed by atoms with van der Waals surface area (Å²) in [6.45, 7) is 8.52. The number of hydrogen-bond donors (Lipinski definition) is 1. The minimum absolute atomic E-state index is 0.183. The molecule has 0 amide bonds. The van der Waals surface area contributed by atoms with Crippen molar-refractivity contribution < 1.29 is 0 Å². The molecule has 0 aliphatic heterocycles. The van der Waals surface area contributed by atoms with Crippen LogP contribution in [0.25, 0.3) is 0 Å². The zero-order valence-electron chi connectivity index (χ0n) is 11.3. The quantitative estimate of drug-likeness (QED) is 0.790. The van der Waals surface area contributed by atoms with E-state index in [-0.39, 0.29) is 6.04 Å². The molecule has 1 heterocycles. The highest BCUT2D eigenvalue weighted by Crippen LogP contribution is 2.18. The van der Waals surface area contributed by atoms with Crippen molar-refractivity contribution in [1.82, 2.24) is 4.98 Å². The van der Waals surface area contributed by atoms with Gasteiger partial charge in [0.15, 0.2) is 0 Å². The maximum absolute atomic E-state index is 5.89. The van der Waals surface area contributed by atoms with Crippen LogP contribution in [0.15, 0.2) is 18.3 Å². The topological polar surface area (TPSA) is 42.2 Å². The summed E-state index contributed by atoms with van der Waals surface area (Å²) in [6, 6.07) is 4.32. The Balaban J connectivity index is 2.85. The van der Waals surface area contributed by atoms with Crippen molar-refractivity contribution in [1.29, 1.82) is 0 Å². The molecule has 0 saturated heterocycles. The SMILES string of the molecule is CCCCN(CC)c1ncccc1CC(C)N. The van der Waals surface area contributed by atoms with Gasteiger partial charge in [-0.3, -0.25) is 0 Å². The molecule has 17 heavy (non-hydrogen) atoms. The van der Waals surface area contributed by atoms with E-state index in [1.165, 1.54) is 18.4 Å². The normalized spacial score (nSPS) is 12.5.